The predicted octanol–water partition coefficient (Wildman–Crippen LogP) is 3.16. The van der Waals surface area contributed by atoms with E-state index in [1.807, 2.05) is 0 Å². The molecule has 2 nitrogen and oxygen atoms in total. The summed E-state index contributed by atoms with van der Waals surface area (Å²) in [5.41, 5.74) is 1.43. The van der Waals surface area contributed by atoms with Gasteiger partial charge in [-0.1, -0.05) is 12.1 Å². The molecule has 3 rings (SSSR count). The summed E-state index contributed by atoms with van der Waals surface area (Å²) in [4.78, 5) is 0. The minimum absolute atomic E-state index is 0.483. The molecule has 1 aliphatic carbocycles. The number of ether oxygens (including phenoxy) is 1. The van der Waals surface area contributed by atoms with Crippen molar-refractivity contribution in [1.82, 2.24) is 5.32 Å². The highest BCUT2D eigenvalue weighted by Gasteiger charge is 2.19. The van der Waals surface area contributed by atoms with E-state index in [-0.39, 0.29) is 0 Å². The van der Waals surface area contributed by atoms with Crippen LogP contribution in [0, 0.1) is 5.92 Å². The Labute approximate surface area is 110 Å². The van der Waals surface area contributed by atoms with Gasteiger partial charge in [-0.25, -0.2) is 0 Å². The molecule has 1 saturated carbocycles. The number of hydrogen-bond acceptors (Lipinski definition) is 2. The van der Waals surface area contributed by atoms with Gasteiger partial charge < -0.3 is 10.1 Å². The van der Waals surface area contributed by atoms with E-state index in [4.69, 9.17) is 4.74 Å². The van der Waals surface area contributed by atoms with Crippen LogP contribution in [0.2, 0.25) is 0 Å². The number of hydrogen-bond donors (Lipinski definition) is 1. The molecular weight excluding hydrogens is 222 g/mol. The van der Waals surface area contributed by atoms with Crippen molar-refractivity contribution in [3.8, 4) is 5.75 Å². The number of nitrogens with one attached hydrogen (secondary N) is 1. The van der Waals surface area contributed by atoms with Crippen LogP contribution in [0.3, 0.4) is 0 Å². The second-order valence-electron chi connectivity index (χ2n) is 5.73. The maximum absolute atomic E-state index is 5.96. The molecule has 1 aromatic rings. The zero-order chi connectivity index (χ0) is 12.2. The Morgan fingerprint density at radius 3 is 2.83 bits per heavy atom. The number of piperidine rings is 1. The Hall–Kier alpha value is -1.02. The van der Waals surface area contributed by atoms with Gasteiger partial charge in [-0.2, -0.15) is 0 Å². The highest BCUT2D eigenvalue weighted by molar-refractivity contribution is 5.29. The first-order valence-electron chi connectivity index (χ1n) is 7.36. The van der Waals surface area contributed by atoms with Crippen molar-refractivity contribution in [3.05, 3.63) is 29.8 Å². The molecule has 1 aromatic carbocycles. The van der Waals surface area contributed by atoms with Crippen LogP contribution in [-0.2, 0) is 6.42 Å². The molecule has 1 unspecified atom stereocenters. The molecule has 0 aromatic heterocycles. The second-order valence-corrected chi connectivity index (χ2v) is 5.73. The van der Waals surface area contributed by atoms with Crippen LogP contribution >= 0.6 is 0 Å². The van der Waals surface area contributed by atoms with Crippen LogP contribution in [0.25, 0.3) is 0 Å². The average Bonchev–Trinajstić information content (AvgIpc) is 2.36. The minimum Gasteiger partial charge on any atom is -0.490 e. The summed E-state index contributed by atoms with van der Waals surface area (Å²) in [5.74, 6) is 1.87. The molecule has 0 bridgehead atoms. The highest BCUT2D eigenvalue weighted by Crippen LogP contribution is 2.26. The second kappa shape index (κ2) is 5.75. The minimum atomic E-state index is 0.483. The van der Waals surface area contributed by atoms with Crippen LogP contribution in [0.15, 0.2) is 24.3 Å². The molecule has 2 aliphatic rings. The van der Waals surface area contributed by atoms with Gasteiger partial charge in [-0.15, -0.1) is 0 Å². The molecule has 0 amide bonds. The molecule has 18 heavy (non-hydrogen) atoms. The summed E-state index contributed by atoms with van der Waals surface area (Å²) >= 11 is 0. The van der Waals surface area contributed by atoms with Crippen LogP contribution in [0.1, 0.15) is 37.7 Å². The number of benzene rings is 1. The summed E-state index contributed by atoms with van der Waals surface area (Å²) in [7, 11) is 0. The van der Waals surface area contributed by atoms with Gasteiger partial charge in [-0.3, -0.25) is 0 Å². The summed E-state index contributed by atoms with van der Waals surface area (Å²) in [6, 6.07) is 8.72. The lowest BCUT2D eigenvalue weighted by atomic mass is 9.92. The number of rotatable bonds is 4. The maximum Gasteiger partial charge on any atom is 0.119 e. The van der Waals surface area contributed by atoms with E-state index < -0.39 is 0 Å². The van der Waals surface area contributed by atoms with E-state index in [0.717, 1.165) is 11.7 Å². The van der Waals surface area contributed by atoms with E-state index in [0.29, 0.717) is 6.10 Å². The third-order valence-corrected chi connectivity index (χ3v) is 4.18. The average molecular weight is 245 g/mol. The van der Waals surface area contributed by atoms with Gasteiger partial charge in [0.25, 0.3) is 0 Å². The third kappa shape index (κ3) is 3.05. The van der Waals surface area contributed by atoms with Crippen molar-refractivity contribution in [2.45, 2.75) is 44.6 Å². The zero-order valence-electron chi connectivity index (χ0n) is 11.0. The fourth-order valence-electron chi connectivity index (χ4n) is 2.86. The lowest BCUT2D eigenvalue weighted by Crippen LogP contribution is -2.30. The fourth-order valence-corrected chi connectivity index (χ4v) is 2.86. The van der Waals surface area contributed by atoms with Gasteiger partial charge in [0.1, 0.15) is 5.75 Å². The van der Waals surface area contributed by atoms with Crippen LogP contribution in [-0.4, -0.2) is 19.2 Å². The predicted molar refractivity (Wildman–Crippen MR) is 74.0 cm³/mol. The Kier molecular flexibility index (Phi) is 3.84. The summed E-state index contributed by atoms with van der Waals surface area (Å²) in [5, 5.41) is 3.49. The zero-order valence-corrected chi connectivity index (χ0v) is 11.0. The van der Waals surface area contributed by atoms with E-state index in [1.54, 1.807) is 0 Å². The topological polar surface area (TPSA) is 21.3 Å². The van der Waals surface area contributed by atoms with Crippen LogP contribution < -0.4 is 10.1 Å². The Morgan fingerprint density at radius 2 is 2.11 bits per heavy atom. The standard InChI is InChI=1S/C16H23NO/c1-4-13(10-14-5-3-9-17-12-14)11-16(8-1)18-15-6-2-7-15/h1,4,8,11,14-15,17H,2-3,5-7,9-10,12H2. The Morgan fingerprint density at radius 1 is 1.17 bits per heavy atom. The molecule has 98 valence electrons. The first-order chi connectivity index (χ1) is 8.90. The molecule has 1 atom stereocenters. The molecule has 2 heteroatoms. The normalized spacial score (nSPS) is 24.6. The Balaban J connectivity index is 1.58. The molecule has 0 radical (unpaired) electrons. The van der Waals surface area contributed by atoms with Gasteiger partial charge >= 0.3 is 0 Å². The van der Waals surface area contributed by atoms with Gasteiger partial charge in [0, 0.05) is 0 Å². The van der Waals surface area contributed by atoms with E-state index in [2.05, 4.69) is 29.6 Å². The van der Waals surface area contributed by atoms with Gasteiger partial charge in [0.15, 0.2) is 0 Å². The maximum atomic E-state index is 5.96. The van der Waals surface area contributed by atoms with Crippen LogP contribution in [0.5, 0.6) is 5.75 Å². The summed E-state index contributed by atoms with van der Waals surface area (Å²) < 4.78 is 5.96. The van der Waals surface area contributed by atoms with E-state index >= 15 is 0 Å². The van der Waals surface area contributed by atoms with Crippen molar-refractivity contribution in [1.29, 1.82) is 0 Å². The fraction of sp³-hybridized carbons (Fsp3) is 0.625. The highest BCUT2D eigenvalue weighted by atomic mass is 16.5. The quantitative estimate of drug-likeness (QED) is 0.880. The third-order valence-electron chi connectivity index (χ3n) is 4.18. The van der Waals surface area contributed by atoms with Crippen LogP contribution in [0.4, 0.5) is 0 Å². The lowest BCUT2D eigenvalue weighted by molar-refractivity contribution is 0.120. The monoisotopic (exact) mass is 245 g/mol. The molecule has 0 spiro atoms. The molecule has 1 aliphatic heterocycles. The van der Waals surface area contributed by atoms with Gasteiger partial charge in [0.2, 0.25) is 0 Å². The smallest absolute Gasteiger partial charge is 0.119 e. The van der Waals surface area contributed by atoms with Crippen molar-refractivity contribution in [3.63, 3.8) is 0 Å². The first-order valence-corrected chi connectivity index (χ1v) is 7.36. The van der Waals surface area contributed by atoms with Crippen molar-refractivity contribution >= 4 is 0 Å². The van der Waals surface area contributed by atoms with Gasteiger partial charge in [0.05, 0.1) is 6.10 Å². The largest absolute Gasteiger partial charge is 0.490 e. The molecule has 1 N–H and O–H groups in total. The molecule has 1 saturated heterocycles. The SMILES string of the molecule is c1cc(CC2CCCNC2)cc(OC2CCC2)c1. The molecule has 1 heterocycles. The lowest BCUT2D eigenvalue weighted by Gasteiger charge is -2.27. The van der Waals surface area contributed by atoms with Crippen molar-refractivity contribution < 1.29 is 4.74 Å². The molecule has 2 fully saturated rings. The summed E-state index contributed by atoms with van der Waals surface area (Å²) in [6.45, 7) is 2.37. The van der Waals surface area contributed by atoms with Crippen molar-refractivity contribution in [2.24, 2.45) is 5.92 Å². The van der Waals surface area contributed by atoms with E-state index in [1.165, 1.54) is 57.2 Å². The van der Waals surface area contributed by atoms with Crippen molar-refractivity contribution in [2.75, 3.05) is 13.1 Å². The Bertz CT molecular complexity index is 380. The van der Waals surface area contributed by atoms with Gasteiger partial charge in [-0.05, 0) is 75.2 Å². The van der Waals surface area contributed by atoms with E-state index in [9.17, 15) is 0 Å². The first kappa shape index (κ1) is 12.0. The summed E-state index contributed by atoms with van der Waals surface area (Å²) in [6.07, 6.45) is 8.15. The molecular formula is C16H23NO.